The van der Waals surface area contributed by atoms with Crippen molar-refractivity contribution in [1.82, 2.24) is 14.5 Å². The molecule has 5 nitrogen and oxygen atoms in total. The van der Waals surface area contributed by atoms with Crippen molar-refractivity contribution < 1.29 is 9.53 Å². The summed E-state index contributed by atoms with van der Waals surface area (Å²) in [6.45, 7) is 3.43. The molecule has 3 rings (SSSR count). The summed E-state index contributed by atoms with van der Waals surface area (Å²) in [5.41, 5.74) is 1.22. The molecule has 116 valence electrons. The Morgan fingerprint density at radius 1 is 1.23 bits per heavy atom. The van der Waals surface area contributed by atoms with Gasteiger partial charge in [0.1, 0.15) is 0 Å². The molecule has 0 saturated carbocycles. The van der Waals surface area contributed by atoms with E-state index < -0.39 is 0 Å². The van der Waals surface area contributed by atoms with E-state index in [1.165, 1.54) is 17.3 Å². The number of hydrogen-bond donors (Lipinski definition) is 0. The number of rotatable bonds is 5. The Morgan fingerprint density at radius 3 is 2.77 bits per heavy atom. The van der Waals surface area contributed by atoms with Crippen molar-refractivity contribution >= 4 is 17.7 Å². The van der Waals surface area contributed by atoms with E-state index in [9.17, 15) is 4.79 Å². The minimum Gasteiger partial charge on any atom is -0.378 e. The van der Waals surface area contributed by atoms with Crippen molar-refractivity contribution in [3.63, 3.8) is 0 Å². The Kier molecular flexibility index (Phi) is 5.13. The van der Waals surface area contributed by atoms with Gasteiger partial charge in [0, 0.05) is 32.0 Å². The van der Waals surface area contributed by atoms with Gasteiger partial charge in [-0.1, -0.05) is 42.1 Å². The zero-order chi connectivity index (χ0) is 15.2. The Labute approximate surface area is 134 Å². The molecule has 1 aliphatic heterocycles. The highest BCUT2D eigenvalue weighted by atomic mass is 32.2. The Morgan fingerprint density at radius 2 is 2.00 bits per heavy atom. The summed E-state index contributed by atoms with van der Waals surface area (Å²) in [7, 11) is 0. The number of nitrogens with zero attached hydrogens (tertiary/aromatic N) is 3. The maximum Gasteiger partial charge on any atom is 0.233 e. The first-order chi connectivity index (χ1) is 10.8. The maximum atomic E-state index is 12.2. The first kappa shape index (κ1) is 15.1. The molecule has 1 aliphatic rings. The smallest absolute Gasteiger partial charge is 0.233 e. The minimum atomic E-state index is 0.155. The van der Waals surface area contributed by atoms with Crippen LogP contribution in [0.25, 0.3) is 0 Å². The minimum absolute atomic E-state index is 0.155. The van der Waals surface area contributed by atoms with Crippen molar-refractivity contribution in [1.29, 1.82) is 0 Å². The fraction of sp³-hybridized carbons (Fsp3) is 0.375. The number of imidazole rings is 1. The number of carbonyl (C=O) groups excluding carboxylic acids is 1. The predicted octanol–water partition coefficient (Wildman–Crippen LogP) is 1.88. The largest absolute Gasteiger partial charge is 0.378 e. The molecule has 22 heavy (non-hydrogen) atoms. The molecule has 0 unspecified atom stereocenters. The molecule has 1 amide bonds. The van der Waals surface area contributed by atoms with Gasteiger partial charge in [-0.2, -0.15) is 0 Å². The molecular weight excluding hydrogens is 298 g/mol. The second-order valence-corrected chi connectivity index (χ2v) is 6.05. The quantitative estimate of drug-likeness (QED) is 0.790. The summed E-state index contributed by atoms with van der Waals surface area (Å²) in [5.74, 6) is 0.578. The number of aromatic nitrogens is 2. The van der Waals surface area contributed by atoms with Crippen molar-refractivity contribution in [3.8, 4) is 0 Å². The molecule has 0 bridgehead atoms. The van der Waals surface area contributed by atoms with Crippen LogP contribution in [-0.4, -0.2) is 52.4 Å². The van der Waals surface area contributed by atoms with E-state index in [2.05, 4.69) is 21.7 Å². The van der Waals surface area contributed by atoms with Gasteiger partial charge in [-0.05, 0) is 5.56 Å². The molecular formula is C16H19N3O2S. The van der Waals surface area contributed by atoms with Gasteiger partial charge in [-0.15, -0.1) is 0 Å². The third-order valence-electron chi connectivity index (χ3n) is 3.56. The molecule has 6 heteroatoms. The van der Waals surface area contributed by atoms with Gasteiger partial charge in [-0.25, -0.2) is 4.98 Å². The van der Waals surface area contributed by atoms with Gasteiger partial charge in [0.25, 0.3) is 0 Å². The number of morpholine rings is 1. The van der Waals surface area contributed by atoms with Crippen LogP contribution >= 0.6 is 11.8 Å². The fourth-order valence-corrected chi connectivity index (χ4v) is 3.23. The second-order valence-electron chi connectivity index (χ2n) is 5.11. The third kappa shape index (κ3) is 3.90. The van der Waals surface area contributed by atoms with E-state index in [1.54, 1.807) is 6.20 Å². The summed E-state index contributed by atoms with van der Waals surface area (Å²) >= 11 is 1.49. The summed E-state index contributed by atoms with van der Waals surface area (Å²) in [6, 6.07) is 10.2. The average Bonchev–Trinajstić information content (AvgIpc) is 3.01. The van der Waals surface area contributed by atoms with Gasteiger partial charge in [0.05, 0.1) is 19.0 Å². The lowest BCUT2D eigenvalue weighted by molar-refractivity contribution is -0.132. The van der Waals surface area contributed by atoms with Crippen LogP contribution in [0.1, 0.15) is 5.56 Å². The SMILES string of the molecule is O=C(CSc1nccn1Cc1ccccc1)N1CCOCC1. The first-order valence-corrected chi connectivity index (χ1v) is 8.35. The average molecular weight is 317 g/mol. The molecule has 0 atom stereocenters. The first-order valence-electron chi connectivity index (χ1n) is 7.36. The van der Waals surface area contributed by atoms with Gasteiger partial charge in [0.15, 0.2) is 5.16 Å². The molecule has 0 aliphatic carbocycles. The zero-order valence-corrected chi connectivity index (χ0v) is 13.2. The van der Waals surface area contributed by atoms with Crippen LogP contribution in [0.5, 0.6) is 0 Å². The lowest BCUT2D eigenvalue weighted by Gasteiger charge is -2.26. The second kappa shape index (κ2) is 7.47. The van der Waals surface area contributed by atoms with Crippen LogP contribution in [0.2, 0.25) is 0 Å². The predicted molar refractivity (Wildman–Crippen MR) is 85.9 cm³/mol. The normalized spacial score (nSPS) is 15.0. The number of hydrogen-bond acceptors (Lipinski definition) is 4. The summed E-state index contributed by atoms with van der Waals surface area (Å²) in [5, 5.41) is 0.880. The standard InChI is InChI=1S/C16H19N3O2S/c20-15(18-8-10-21-11-9-18)13-22-16-17-6-7-19(16)12-14-4-2-1-3-5-14/h1-7H,8-13H2. The molecule has 1 aromatic heterocycles. The molecule has 0 N–H and O–H groups in total. The molecule has 0 radical (unpaired) electrons. The molecule has 2 aromatic rings. The highest BCUT2D eigenvalue weighted by Crippen LogP contribution is 2.18. The van der Waals surface area contributed by atoms with Crippen LogP contribution in [-0.2, 0) is 16.1 Å². The lowest BCUT2D eigenvalue weighted by Crippen LogP contribution is -2.41. The Bertz CT molecular complexity index is 609. The lowest BCUT2D eigenvalue weighted by atomic mass is 10.2. The number of thioether (sulfide) groups is 1. The van der Waals surface area contributed by atoms with E-state index in [4.69, 9.17) is 4.74 Å². The van der Waals surface area contributed by atoms with E-state index in [0.29, 0.717) is 32.1 Å². The Balaban J connectivity index is 1.57. The van der Waals surface area contributed by atoms with Crippen molar-refractivity contribution in [2.24, 2.45) is 0 Å². The Hall–Kier alpha value is -1.79. The van der Waals surface area contributed by atoms with Gasteiger partial charge in [-0.3, -0.25) is 4.79 Å². The third-order valence-corrected chi connectivity index (χ3v) is 4.55. The highest BCUT2D eigenvalue weighted by molar-refractivity contribution is 7.99. The van der Waals surface area contributed by atoms with Gasteiger partial charge in [0.2, 0.25) is 5.91 Å². The van der Waals surface area contributed by atoms with Crippen LogP contribution in [0, 0.1) is 0 Å². The zero-order valence-electron chi connectivity index (χ0n) is 12.4. The summed E-state index contributed by atoms with van der Waals surface area (Å²) in [6.07, 6.45) is 3.74. The van der Waals surface area contributed by atoms with Gasteiger partial charge >= 0.3 is 0 Å². The van der Waals surface area contributed by atoms with E-state index in [1.807, 2.05) is 29.3 Å². The van der Waals surface area contributed by atoms with Crippen LogP contribution in [0.15, 0.2) is 47.9 Å². The van der Waals surface area contributed by atoms with E-state index >= 15 is 0 Å². The van der Waals surface area contributed by atoms with Crippen LogP contribution < -0.4 is 0 Å². The molecule has 1 aromatic carbocycles. The molecule has 1 fully saturated rings. The van der Waals surface area contributed by atoms with Crippen molar-refractivity contribution in [2.45, 2.75) is 11.7 Å². The summed E-state index contributed by atoms with van der Waals surface area (Å²) in [4.78, 5) is 18.4. The highest BCUT2D eigenvalue weighted by Gasteiger charge is 2.17. The topological polar surface area (TPSA) is 47.4 Å². The fourth-order valence-electron chi connectivity index (χ4n) is 2.37. The number of benzene rings is 1. The molecule has 2 heterocycles. The van der Waals surface area contributed by atoms with Crippen LogP contribution in [0.4, 0.5) is 0 Å². The molecule has 0 spiro atoms. The number of ether oxygens (including phenoxy) is 1. The van der Waals surface area contributed by atoms with Crippen molar-refractivity contribution in [2.75, 3.05) is 32.1 Å². The maximum absolute atomic E-state index is 12.2. The van der Waals surface area contributed by atoms with E-state index in [-0.39, 0.29) is 5.91 Å². The number of amides is 1. The number of carbonyl (C=O) groups is 1. The van der Waals surface area contributed by atoms with E-state index in [0.717, 1.165) is 11.7 Å². The van der Waals surface area contributed by atoms with Crippen molar-refractivity contribution in [3.05, 3.63) is 48.3 Å². The molecule has 1 saturated heterocycles. The monoisotopic (exact) mass is 317 g/mol. The van der Waals surface area contributed by atoms with Crippen LogP contribution in [0.3, 0.4) is 0 Å². The van der Waals surface area contributed by atoms with Gasteiger partial charge < -0.3 is 14.2 Å². The summed E-state index contributed by atoms with van der Waals surface area (Å²) < 4.78 is 7.34.